The Labute approximate surface area is 111 Å². The molecule has 2 rings (SSSR count). The number of fused-ring (bicyclic) bond motifs is 1. The van der Waals surface area contributed by atoms with Crippen molar-refractivity contribution in [3.8, 4) is 0 Å². The van der Waals surface area contributed by atoms with Gasteiger partial charge in [0.15, 0.2) is 5.43 Å². The molecular formula is C15H17NO3. The van der Waals surface area contributed by atoms with E-state index in [-0.39, 0.29) is 18.1 Å². The molecule has 100 valence electrons. The van der Waals surface area contributed by atoms with E-state index in [1.165, 1.54) is 6.07 Å². The predicted octanol–water partition coefficient (Wildman–Crippen LogP) is 2.76. The van der Waals surface area contributed by atoms with Crippen LogP contribution in [-0.2, 0) is 4.74 Å². The Morgan fingerprint density at radius 3 is 2.63 bits per heavy atom. The Bertz CT molecular complexity index is 671. The van der Waals surface area contributed by atoms with Crippen molar-refractivity contribution in [2.45, 2.75) is 26.8 Å². The molecule has 0 aliphatic rings. The van der Waals surface area contributed by atoms with E-state index in [0.717, 1.165) is 5.52 Å². The van der Waals surface area contributed by atoms with Gasteiger partial charge in [-0.2, -0.15) is 0 Å². The summed E-state index contributed by atoms with van der Waals surface area (Å²) in [6.45, 7) is 5.98. The van der Waals surface area contributed by atoms with Crippen molar-refractivity contribution < 1.29 is 9.53 Å². The number of esters is 1. The van der Waals surface area contributed by atoms with Gasteiger partial charge >= 0.3 is 5.97 Å². The molecule has 1 heterocycles. The van der Waals surface area contributed by atoms with E-state index in [0.29, 0.717) is 11.1 Å². The van der Waals surface area contributed by atoms with Crippen molar-refractivity contribution in [3.05, 3.63) is 46.2 Å². The Balaban J connectivity index is 2.80. The lowest BCUT2D eigenvalue weighted by molar-refractivity contribution is 0.0511. The van der Waals surface area contributed by atoms with Gasteiger partial charge in [-0.25, -0.2) is 4.79 Å². The highest BCUT2D eigenvalue weighted by Crippen LogP contribution is 2.19. The Kier molecular flexibility index (Phi) is 3.69. The number of carbonyl (C=O) groups is 1. The fourth-order valence-corrected chi connectivity index (χ4v) is 2.21. The summed E-state index contributed by atoms with van der Waals surface area (Å²) in [6.07, 6.45) is 0. The van der Waals surface area contributed by atoms with Crippen LogP contribution in [0.3, 0.4) is 0 Å². The number of rotatable bonds is 3. The van der Waals surface area contributed by atoms with Gasteiger partial charge in [0.05, 0.1) is 12.1 Å². The Morgan fingerprint density at radius 1 is 1.32 bits per heavy atom. The van der Waals surface area contributed by atoms with Gasteiger partial charge in [-0.3, -0.25) is 4.79 Å². The van der Waals surface area contributed by atoms with Gasteiger partial charge in [0, 0.05) is 17.5 Å². The highest BCUT2D eigenvalue weighted by Gasteiger charge is 2.17. The van der Waals surface area contributed by atoms with Crippen LogP contribution in [0, 0.1) is 0 Å². The lowest BCUT2D eigenvalue weighted by Gasteiger charge is -2.19. The lowest BCUT2D eigenvalue weighted by atomic mass is 10.1. The van der Waals surface area contributed by atoms with Crippen LogP contribution in [0.25, 0.3) is 10.9 Å². The van der Waals surface area contributed by atoms with Gasteiger partial charge in [-0.05, 0) is 32.9 Å². The van der Waals surface area contributed by atoms with E-state index < -0.39 is 5.97 Å². The average molecular weight is 259 g/mol. The minimum atomic E-state index is -0.459. The molecule has 1 aromatic heterocycles. The molecule has 4 heteroatoms. The van der Waals surface area contributed by atoms with Crippen molar-refractivity contribution in [2.75, 3.05) is 6.61 Å². The quantitative estimate of drug-likeness (QED) is 0.796. The standard InChI is InChI=1S/C15H17NO3/c1-4-19-15(18)13-9-14(17)11-7-5-6-8-12(11)16(13)10(2)3/h5-10H,4H2,1-3H3. The Hall–Kier alpha value is -2.10. The topological polar surface area (TPSA) is 48.3 Å². The third-order valence-electron chi connectivity index (χ3n) is 2.96. The fourth-order valence-electron chi connectivity index (χ4n) is 2.21. The van der Waals surface area contributed by atoms with E-state index in [1.54, 1.807) is 13.0 Å². The van der Waals surface area contributed by atoms with E-state index in [9.17, 15) is 9.59 Å². The van der Waals surface area contributed by atoms with E-state index >= 15 is 0 Å². The first kappa shape index (κ1) is 13.3. The molecule has 0 radical (unpaired) electrons. The van der Waals surface area contributed by atoms with Crippen LogP contribution in [0.2, 0.25) is 0 Å². The number of benzene rings is 1. The molecule has 0 spiro atoms. The van der Waals surface area contributed by atoms with Crippen LogP contribution in [0.4, 0.5) is 0 Å². The van der Waals surface area contributed by atoms with Gasteiger partial charge in [-0.15, -0.1) is 0 Å². The van der Waals surface area contributed by atoms with Crippen molar-refractivity contribution in [3.63, 3.8) is 0 Å². The van der Waals surface area contributed by atoms with E-state index in [4.69, 9.17) is 4.74 Å². The number of ether oxygens (including phenoxy) is 1. The van der Waals surface area contributed by atoms with Crippen LogP contribution < -0.4 is 5.43 Å². The molecule has 0 amide bonds. The number of pyridine rings is 1. The average Bonchev–Trinajstić information content (AvgIpc) is 2.38. The summed E-state index contributed by atoms with van der Waals surface area (Å²) >= 11 is 0. The highest BCUT2D eigenvalue weighted by molar-refractivity contribution is 5.91. The maximum absolute atomic E-state index is 12.1. The van der Waals surface area contributed by atoms with Gasteiger partial charge in [-0.1, -0.05) is 12.1 Å². The van der Waals surface area contributed by atoms with Gasteiger partial charge in [0.2, 0.25) is 0 Å². The second kappa shape index (κ2) is 5.26. The third kappa shape index (κ3) is 2.38. The highest BCUT2D eigenvalue weighted by atomic mass is 16.5. The molecule has 4 nitrogen and oxygen atoms in total. The van der Waals surface area contributed by atoms with Gasteiger partial charge in [0.1, 0.15) is 5.69 Å². The molecule has 0 saturated heterocycles. The van der Waals surface area contributed by atoms with Crippen molar-refractivity contribution >= 4 is 16.9 Å². The molecule has 2 aromatic rings. The summed E-state index contributed by atoms with van der Waals surface area (Å²) in [6, 6.07) is 8.71. The first-order valence-electron chi connectivity index (χ1n) is 6.37. The van der Waals surface area contributed by atoms with Crippen molar-refractivity contribution in [2.24, 2.45) is 0 Å². The summed E-state index contributed by atoms with van der Waals surface area (Å²) in [5, 5.41) is 0.615. The predicted molar refractivity (Wildman–Crippen MR) is 74.5 cm³/mol. The molecule has 1 aromatic carbocycles. The third-order valence-corrected chi connectivity index (χ3v) is 2.96. The number of nitrogens with zero attached hydrogens (tertiary/aromatic N) is 1. The molecule has 0 atom stereocenters. The zero-order chi connectivity index (χ0) is 14.0. The van der Waals surface area contributed by atoms with E-state index in [2.05, 4.69) is 0 Å². The molecule has 0 fully saturated rings. The molecule has 0 bridgehead atoms. The second-order valence-corrected chi connectivity index (χ2v) is 4.60. The van der Waals surface area contributed by atoms with Gasteiger partial charge in [0.25, 0.3) is 0 Å². The van der Waals surface area contributed by atoms with Crippen molar-refractivity contribution in [1.29, 1.82) is 0 Å². The summed E-state index contributed by atoms with van der Waals surface area (Å²) in [7, 11) is 0. The molecule has 0 aliphatic carbocycles. The molecule has 0 unspecified atom stereocenters. The van der Waals surface area contributed by atoms with Crippen LogP contribution in [0.5, 0.6) is 0 Å². The van der Waals surface area contributed by atoms with Crippen molar-refractivity contribution in [1.82, 2.24) is 4.57 Å². The lowest BCUT2D eigenvalue weighted by Crippen LogP contribution is -2.21. The van der Waals surface area contributed by atoms with E-state index in [1.807, 2.05) is 36.6 Å². The molecular weight excluding hydrogens is 242 g/mol. The minimum Gasteiger partial charge on any atom is -0.461 e. The van der Waals surface area contributed by atoms with Crippen LogP contribution in [-0.4, -0.2) is 17.1 Å². The SMILES string of the molecule is CCOC(=O)c1cc(=O)c2ccccc2n1C(C)C. The summed E-state index contributed by atoms with van der Waals surface area (Å²) < 4.78 is 6.87. The van der Waals surface area contributed by atoms with Crippen LogP contribution >= 0.6 is 0 Å². The number of para-hydroxylation sites is 1. The largest absolute Gasteiger partial charge is 0.461 e. The monoisotopic (exact) mass is 259 g/mol. The summed E-state index contributed by atoms with van der Waals surface area (Å²) in [5.41, 5.74) is 0.907. The normalized spacial score (nSPS) is 10.9. The maximum Gasteiger partial charge on any atom is 0.355 e. The van der Waals surface area contributed by atoms with Gasteiger partial charge < -0.3 is 9.30 Å². The number of carbonyl (C=O) groups excluding carboxylic acids is 1. The zero-order valence-electron chi connectivity index (χ0n) is 11.3. The maximum atomic E-state index is 12.1. The Morgan fingerprint density at radius 2 is 2.00 bits per heavy atom. The molecule has 0 saturated carbocycles. The molecule has 0 N–H and O–H groups in total. The molecule has 0 aliphatic heterocycles. The smallest absolute Gasteiger partial charge is 0.355 e. The summed E-state index contributed by atoms with van der Waals surface area (Å²) in [4.78, 5) is 24.0. The first-order chi connectivity index (χ1) is 9.06. The number of hydrogen-bond acceptors (Lipinski definition) is 3. The van der Waals surface area contributed by atoms with Crippen LogP contribution in [0.1, 0.15) is 37.3 Å². The fraction of sp³-hybridized carbons (Fsp3) is 0.333. The van der Waals surface area contributed by atoms with Crippen LogP contribution in [0.15, 0.2) is 35.1 Å². The number of aromatic nitrogens is 1. The minimum absolute atomic E-state index is 0.0601. The first-order valence-corrected chi connectivity index (χ1v) is 6.37. The zero-order valence-corrected chi connectivity index (χ0v) is 11.3. The summed E-state index contributed by atoms with van der Waals surface area (Å²) in [5.74, 6) is -0.459. The molecule has 19 heavy (non-hydrogen) atoms. The second-order valence-electron chi connectivity index (χ2n) is 4.60. The number of hydrogen-bond donors (Lipinski definition) is 0.